The largest absolute Gasteiger partial charge is 2.00 e. The van der Waals surface area contributed by atoms with Gasteiger partial charge in [0.1, 0.15) is 0 Å². The molecule has 0 N–H and O–H groups in total. The number of hydrogen-bond acceptors (Lipinski definition) is 3. The first-order valence-electron chi connectivity index (χ1n) is 11.1. The summed E-state index contributed by atoms with van der Waals surface area (Å²) in [5.41, 5.74) is 9.49. The maximum Gasteiger partial charge on any atom is 2.00 e. The number of aliphatic carboxylic acids is 1. The normalized spacial score (nSPS) is 11.2. The minimum absolute atomic E-state index is 0. The molecular weight excluding hydrogens is 448 g/mol. The number of carbonyl (C=O) groups is 1. The molecule has 0 aromatic heterocycles. The van der Waals surface area contributed by atoms with Crippen LogP contribution in [0.4, 0.5) is 11.4 Å². The Hall–Kier alpha value is -2.36. The first-order chi connectivity index (χ1) is 14.8. The van der Waals surface area contributed by atoms with Gasteiger partial charge in [-0.25, -0.2) is 0 Å². The number of rotatable bonds is 8. The van der Waals surface area contributed by atoms with E-state index in [0.717, 1.165) is 55.4 Å². The fourth-order valence-electron chi connectivity index (χ4n) is 3.44. The van der Waals surface area contributed by atoms with Crippen LogP contribution in [-0.4, -0.2) is 11.7 Å². The predicted octanol–water partition coefficient (Wildman–Crippen LogP) is 6.39. The molecule has 0 bridgehead atoms. The number of aryl methyl sites for hydroxylation is 4. The van der Waals surface area contributed by atoms with Crippen LogP contribution in [0, 0.1) is 0 Å². The van der Waals surface area contributed by atoms with Gasteiger partial charge in [-0.05, 0) is 50.7 Å². The van der Waals surface area contributed by atoms with Gasteiger partial charge >= 0.3 is 17.1 Å². The van der Waals surface area contributed by atoms with Crippen LogP contribution in [0.5, 0.6) is 0 Å². The van der Waals surface area contributed by atoms with Gasteiger partial charge in [0.25, 0.3) is 0 Å². The summed E-state index contributed by atoms with van der Waals surface area (Å²) in [6.07, 6.45) is 6.08. The number of hydrogen-bond donors (Lipinski definition) is 0. The molecule has 0 saturated carbocycles. The van der Waals surface area contributed by atoms with Crippen molar-refractivity contribution < 1.29 is 27.0 Å². The van der Waals surface area contributed by atoms with E-state index < -0.39 is 5.97 Å². The van der Waals surface area contributed by atoms with Crippen LogP contribution >= 0.6 is 0 Å². The molecule has 2 rings (SSSR count). The van der Waals surface area contributed by atoms with Gasteiger partial charge in [0.15, 0.2) is 0 Å². The number of para-hydroxylation sites is 2. The Morgan fingerprint density at radius 3 is 1.59 bits per heavy atom. The van der Waals surface area contributed by atoms with Gasteiger partial charge in [-0.3, -0.25) is 4.99 Å². The second-order valence-electron chi connectivity index (χ2n) is 7.41. The van der Waals surface area contributed by atoms with Crippen molar-refractivity contribution in [3.8, 4) is 0 Å². The zero-order valence-electron chi connectivity index (χ0n) is 20.4. The van der Waals surface area contributed by atoms with Crippen molar-refractivity contribution in [2.45, 2.75) is 74.1 Å². The second kappa shape index (κ2) is 15.4. The third kappa shape index (κ3) is 9.42. The molecule has 0 aliphatic rings. The van der Waals surface area contributed by atoms with Crippen molar-refractivity contribution >= 4 is 23.1 Å². The molecule has 0 amide bonds. The van der Waals surface area contributed by atoms with E-state index in [-0.39, 0.29) is 17.1 Å². The summed E-state index contributed by atoms with van der Waals surface area (Å²) in [6.45, 7) is 13.9. The van der Waals surface area contributed by atoms with E-state index in [0.29, 0.717) is 0 Å². The predicted molar refractivity (Wildman–Crippen MR) is 131 cm³/mol. The molecule has 4 nitrogen and oxygen atoms in total. The summed E-state index contributed by atoms with van der Waals surface area (Å²) in [5, 5.41) is 13.8. The summed E-state index contributed by atoms with van der Waals surface area (Å²) in [6, 6.07) is 13.0. The Labute approximate surface area is 204 Å². The molecule has 0 fully saturated rings. The van der Waals surface area contributed by atoms with Crippen molar-refractivity contribution in [1.29, 1.82) is 0 Å². The van der Waals surface area contributed by atoms with E-state index in [1.807, 2.05) is 0 Å². The number of benzene rings is 2. The summed E-state index contributed by atoms with van der Waals surface area (Å²) < 4.78 is 0. The monoisotopic (exact) mass is 483 g/mol. The molecular formula is C27H36CuN2O2. The fraction of sp³-hybridized carbons (Fsp3) is 0.407. The van der Waals surface area contributed by atoms with Crippen LogP contribution in [-0.2, 0) is 47.5 Å². The summed E-state index contributed by atoms with van der Waals surface area (Å²) in [5.74, 6) is -1.08. The number of carboxylic acids is 1. The zero-order chi connectivity index (χ0) is 23.4. The van der Waals surface area contributed by atoms with Gasteiger partial charge in [-0.1, -0.05) is 88.2 Å². The molecule has 177 valence electrons. The fourth-order valence-corrected chi connectivity index (χ4v) is 3.44. The molecule has 0 heterocycles. The van der Waals surface area contributed by atoms with Crippen molar-refractivity contribution in [1.82, 2.24) is 0 Å². The number of carbonyl (C=O) groups excluding carboxylic acids is 1. The Morgan fingerprint density at radius 2 is 1.22 bits per heavy atom. The third-order valence-electron chi connectivity index (χ3n) is 4.92. The van der Waals surface area contributed by atoms with Crippen LogP contribution in [0.15, 0.2) is 53.2 Å². The quantitative estimate of drug-likeness (QED) is 0.322. The number of allylic oxidation sites excluding steroid dienone is 2. The van der Waals surface area contributed by atoms with Crippen LogP contribution in [0.25, 0.3) is 5.32 Å². The topological polar surface area (TPSA) is 66.6 Å². The van der Waals surface area contributed by atoms with E-state index in [1.165, 1.54) is 22.3 Å². The Bertz CT molecular complexity index is 885. The first-order valence-corrected chi connectivity index (χ1v) is 11.1. The van der Waals surface area contributed by atoms with Crippen molar-refractivity contribution in [3.63, 3.8) is 0 Å². The second-order valence-corrected chi connectivity index (χ2v) is 7.41. The van der Waals surface area contributed by atoms with Gasteiger partial charge in [0, 0.05) is 11.7 Å². The molecule has 32 heavy (non-hydrogen) atoms. The molecule has 0 unspecified atom stereocenters. The van der Waals surface area contributed by atoms with E-state index in [4.69, 9.17) is 20.2 Å². The summed E-state index contributed by atoms with van der Waals surface area (Å²) >= 11 is 0. The van der Waals surface area contributed by atoms with Crippen LogP contribution in [0.2, 0.25) is 0 Å². The number of nitrogens with zero attached hydrogens (tertiary/aromatic N) is 2. The molecule has 2 aromatic carbocycles. The molecule has 2 aromatic rings. The zero-order valence-corrected chi connectivity index (χ0v) is 21.3. The molecule has 5 heteroatoms. The van der Waals surface area contributed by atoms with Gasteiger partial charge in [0.05, 0.1) is 5.69 Å². The van der Waals surface area contributed by atoms with Gasteiger partial charge in [-0.15, -0.1) is 5.69 Å². The number of aliphatic imine (C=N–C) groups is 1. The Balaban J connectivity index is 0.00000177. The Kier molecular flexibility index (Phi) is 14.3. The van der Waals surface area contributed by atoms with Gasteiger partial charge < -0.3 is 15.2 Å². The van der Waals surface area contributed by atoms with E-state index in [2.05, 4.69) is 84.0 Å². The average Bonchev–Trinajstić information content (AvgIpc) is 2.73. The summed E-state index contributed by atoms with van der Waals surface area (Å²) in [4.78, 5) is 13.8. The average molecular weight is 484 g/mol. The molecule has 0 aliphatic heterocycles. The van der Waals surface area contributed by atoms with Crippen molar-refractivity contribution in [3.05, 3.63) is 75.7 Å². The van der Waals surface area contributed by atoms with Gasteiger partial charge in [0.2, 0.25) is 0 Å². The minimum Gasteiger partial charge on any atom is -0.661 e. The number of carboxylic acid groups (broad SMARTS) is 1. The molecule has 0 spiro atoms. The summed E-state index contributed by atoms with van der Waals surface area (Å²) in [7, 11) is 0. The smallest absolute Gasteiger partial charge is 0.661 e. The Morgan fingerprint density at radius 1 is 0.844 bits per heavy atom. The van der Waals surface area contributed by atoms with Crippen molar-refractivity contribution in [2.24, 2.45) is 4.99 Å². The molecule has 1 radical (unpaired) electrons. The van der Waals surface area contributed by atoms with E-state index in [9.17, 15) is 0 Å². The van der Waals surface area contributed by atoms with E-state index in [1.54, 1.807) is 0 Å². The molecule has 0 saturated heterocycles. The maximum absolute atomic E-state index is 8.89. The molecule has 0 atom stereocenters. The van der Waals surface area contributed by atoms with E-state index >= 15 is 0 Å². The third-order valence-corrected chi connectivity index (χ3v) is 4.92. The standard InChI is InChI=1S/C25H33N2.C2H4O2.Cu/c1-7-20-13-11-14-21(8-2)24(20)26-18(5)17-19(6)27-25-22(9-3)15-12-16-23(25)10-4;1-2(3)4;/h11-17H,7-10H2,1-6H3;1H3,(H,3,4);/q-1;;+2/p-1/b18-17-,27-19?;;. The van der Waals surface area contributed by atoms with Crippen molar-refractivity contribution in [2.75, 3.05) is 0 Å². The van der Waals surface area contributed by atoms with Crippen LogP contribution in [0.3, 0.4) is 0 Å². The van der Waals surface area contributed by atoms with Crippen LogP contribution < -0.4 is 5.11 Å². The van der Waals surface area contributed by atoms with Gasteiger partial charge in [-0.2, -0.15) is 5.70 Å². The minimum atomic E-state index is -1.08. The van der Waals surface area contributed by atoms with Crippen LogP contribution in [0.1, 0.15) is 70.7 Å². The SMILES string of the molecule is CC(=O)[O-].CCc1cccc(CC)c1N=C(C)/C=C(/C)[N-]c1c(CC)cccc1CC.[Cu+2]. The molecule has 0 aliphatic carbocycles. The maximum atomic E-state index is 8.89. The first kappa shape index (κ1) is 29.6.